The Hall–Kier alpha value is -0.400. The third kappa shape index (κ3) is 1.77. The van der Waals surface area contributed by atoms with Crippen LogP contribution in [0.1, 0.15) is 0 Å². The van der Waals surface area contributed by atoms with Crippen LogP contribution in [0.15, 0.2) is 11.9 Å². The summed E-state index contributed by atoms with van der Waals surface area (Å²) in [5.41, 5.74) is 0. The molecule has 3 nitrogen and oxygen atoms in total. The van der Waals surface area contributed by atoms with E-state index in [0.29, 0.717) is 0 Å². The second kappa shape index (κ2) is 2.09. The minimum absolute atomic E-state index is 0.0374. The van der Waals surface area contributed by atoms with Crippen molar-refractivity contribution in [2.75, 3.05) is 13.3 Å². The van der Waals surface area contributed by atoms with E-state index in [-0.39, 0.29) is 12.4 Å². The molecule has 0 bridgehead atoms. The fourth-order valence-electron chi connectivity index (χ4n) is 0.501. The molecular formula is C5H7O3P. The van der Waals surface area contributed by atoms with Crippen molar-refractivity contribution in [2.45, 2.75) is 0 Å². The van der Waals surface area contributed by atoms with Gasteiger partial charge in [-0.3, -0.25) is 9.36 Å². The summed E-state index contributed by atoms with van der Waals surface area (Å²) in [7, 11) is -2.53. The predicted molar refractivity (Wildman–Crippen MR) is 33.6 cm³/mol. The van der Waals surface area contributed by atoms with Crippen LogP contribution >= 0.6 is 7.37 Å². The standard InChI is InChI=1S/C5H7O3P/c1-9(7)3-2-5(6)4-8-9/h2-3H,4H2,1H3. The van der Waals surface area contributed by atoms with Crippen molar-refractivity contribution in [3.05, 3.63) is 11.9 Å². The average molecular weight is 146 g/mol. The van der Waals surface area contributed by atoms with Crippen molar-refractivity contribution in [1.29, 1.82) is 0 Å². The number of hydrogen-bond acceptors (Lipinski definition) is 3. The Balaban J connectivity index is 2.82. The molecule has 1 unspecified atom stereocenters. The van der Waals surface area contributed by atoms with Crippen molar-refractivity contribution in [2.24, 2.45) is 0 Å². The minimum Gasteiger partial charge on any atom is -0.318 e. The van der Waals surface area contributed by atoms with Crippen molar-refractivity contribution in [1.82, 2.24) is 0 Å². The summed E-state index contributed by atoms with van der Waals surface area (Å²) in [6.07, 6.45) is 1.31. The van der Waals surface area contributed by atoms with E-state index in [2.05, 4.69) is 0 Å². The lowest BCUT2D eigenvalue weighted by Gasteiger charge is -2.11. The van der Waals surface area contributed by atoms with E-state index in [4.69, 9.17) is 4.52 Å². The number of carbonyl (C=O) groups is 1. The summed E-state index contributed by atoms with van der Waals surface area (Å²) >= 11 is 0. The molecule has 9 heavy (non-hydrogen) atoms. The third-order valence-electron chi connectivity index (χ3n) is 0.994. The number of carbonyl (C=O) groups excluding carboxylic acids is 1. The van der Waals surface area contributed by atoms with Crippen molar-refractivity contribution in [3.8, 4) is 0 Å². The molecule has 0 saturated carbocycles. The lowest BCUT2D eigenvalue weighted by atomic mass is 10.4. The fraction of sp³-hybridized carbons (Fsp3) is 0.400. The molecule has 1 aliphatic rings. The van der Waals surface area contributed by atoms with E-state index in [1.807, 2.05) is 0 Å². The molecule has 0 radical (unpaired) electrons. The van der Waals surface area contributed by atoms with E-state index < -0.39 is 7.37 Å². The van der Waals surface area contributed by atoms with E-state index in [0.717, 1.165) is 0 Å². The zero-order valence-corrected chi connectivity index (χ0v) is 5.93. The molecule has 4 heteroatoms. The maximum atomic E-state index is 10.9. The molecule has 0 N–H and O–H groups in total. The highest BCUT2D eigenvalue weighted by molar-refractivity contribution is 7.61. The first kappa shape index (κ1) is 6.72. The normalized spacial score (nSPS) is 35.0. The molecule has 1 atom stereocenters. The van der Waals surface area contributed by atoms with Gasteiger partial charge in [0, 0.05) is 12.5 Å². The molecule has 0 spiro atoms. The lowest BCUT2D eigenvalue weighted by Crippen LogP contribution is -2.07. The van der Waals surface area contributed by atoms with Crippen molar-refractivity contribution in [3.63, 3.8) is 0 Å². The summed E-state index contributed by atoms with van der Waals surface area (Å²) in [5, 5.41) is 0. The SMILES string of the molecule is CP1(=O)C=CC(=O)CO1. The maximum Gasteiger partial charge on any atom is 0.222 e. The first-order valence-electron chi connectivity index (χ1n) is 2.54. The van der Waals surface area contributed by atoms with Crippen LogP contribution in [0.25, 0.3) is 0 Å². The van der Waals surface area contributed by atoms with Gasteiger partial charge in [-0.2, -0.15) is 0 Å². The molecular weight excluding hydrogens is 139 g/mol. The van der Waals surface area contributed by atoms with Crippen LogP contribution in [-0.2, 0) is 13.9 Å². The van der Waals surface area contributed by atoms with Gasteiger partial charge in [-0.15, -0.1) is 0 Å². The monoisotopic (exact) mass is 146 g/mol. The largest absolute Gasteiger partial charge is 0.318 e. The highest BCUT2D eigenvalue weighted by atomic mass is 31.2. The molecule has 1 rings (SSSR count). The van der Waals surface area contributed by atoms with Gasteiger partial charge in [0.2, 0.25) is 7.37 Å². The van der Waals surface area contributed by atoms with E-state index in [9.17, 15) is 9.36 Å². The van der Waals surface area contributed by atoms with Crippen LogP contribution < -0.4 is 0 Å². The van der Waals surface area contributed by atoms with Crippen LogP contribution in [-0.4, -0.2) is 19.1 Å². The molecule has 1 aliphatic heterocycles. The van der Waals surface area contributed by atoms with Gasteiger partial charge in [0.1, 0.15) is 6.61 Å². The van der Waals surface area contributed by atoms with Crippen LogP contribution in [0.2, 0.25) is 0 Å². The van der Waals surface area contributed by atoms with E-state index in [1.54, 1.807) is 0 Å². The molecule has 0 aliphatic carbocycles. The van der Waals surface area contributed by atoms with E-state index in [1.165, 1.54) is 18.6 Å². The van der Waals surface area contributed by atoms with Crippen LogP contribution in [0.4, 0.5) is 0 Å². The van der Waals surface area contributed by atoms with Crippen molar-refractivity contribution < 1.29 is 13.9 Å². The maximum absolute atomic E-state index is 10.9. The molecule has 0 aromatic heterocycles. The molecule has 0 fully saturated rings. The number of rotatable bonds is 0. The Morgan fingerprint density at radius 1 is 1.78 bits per heavy atom. The van der Waals surface area contributed by atoms with Crippen LogP contribution in [0.5, 0.6) is 0 Å². The van der Waals surface area contributed by atoms with Crippen LogP contribution in [0.3, 0.4) is 0 Å². The first-order valence-corrected chi connectivity index (χ1v) is 4.68. The highest BCUT2D eigenvalue weighted by Crippen LogP contribution is 2.45. The van der Waals surface area contributed by atoms with Gasteiger partial charge in [0.15, 0.2) is 5.78 Å². The van der Waals surface area contributed by atoms with Crippen molar-refractivity contribution >= 4 is 13.2 Å². The van der Waals surface area contributed by atoms with E-state index >= 15 is 0 Å². The molecule has 0 amide bonds. The fourth-order valence-corrected chi connectivity index (χ4v) is 1.41. The quantitative estimate of drug-likeness (QED) is 0.479. The summed E-state index contributed by atoms with van der Waals surface area (Å²) in [6.45, 7) is 1.44. The van der Waals surface area contributed by atoms with Crippen LogP contribution in [0, 0.1) is 0 Å². The highest BCUT2D eigenvalue weighted by Gasteiger charge is 2.17. The Morgan fingerprint density at radius 2 is 2.44 bits per heavy atom. The second-order valence-electron chi connectivity index (χ2n) is 1.96. The molecule has 1 heterocycles. The van der Waals surface area contributed by atoms with Gasteiger partial charge in [-0.1, -0.05) is 0 Å². The Bertz CT molecular complexity index is 206. The summed E-state index contributed by atoms with van der Waals surface area (Å²) < 4.78 is 15.6. The van der Waals surface area contributed by atoms with Gasteiger partial charge >= 0.3 is 0 Å². The average Bonchev–Trinajstić information content (AvgIpc) is 1.78. The third-order valence-corrected chi connectivity index (χ3v) is 2.33. The first-order chi connectivity index (χ1) is 4.10. The van der Waals surface area contributed by atoms with Gasteiger partial charge in [-0.25, -0.2) is 0 Å². The molecule has 0 aromatic rings. The van der Waals surface area contributed by atoms with Gasteiger partial charge in [0.25, 0.3) is 0 Å². The molecule has 0 saturated heterocycles. The zero-order valence-electron chi connectivity index (χ0n) is 5.03. The number of ketones is 1. The molecule has 50 valence electrons. The Kier molecular flexibility index (Phi) is 1.56. The summed E-state index contributed by atoms with van der Waals surface area (Å²) in [4.78, 5) is 10.4. The smallest absolute Gasteiger partial charge is 0.222 e. The predicted octanol–water partition coefficient (Wildman–Crippen LogP) is 1.01. The van der Waals surface area contributed by atoms with Gasteiger partial charge < -0.3 is 4.52 Å². The number of hydrogen-bond donors (Lipinski definition) is 0. The van der Waals surface area contributed by atoms with Gasteiger partial charge in [-0.05, 0) is 6.08 Å². The topological polar surface area (TPSA) is 43.4 Å². The van der Waals surface area contributed by atoms with Gasteiger partial charge in [0.05, 0.1) is 0 Å². The lowest BCUT2D eigenvalue weighted by molar-refractivity contribution is -0.116. The Labute approximate surface area is 53.2 Å². The molecule has 0 aromatic carbocycles. The second-order valence-corrected chi connectivity index (χ2v) is 4.34. The zero-order chi connectivity index (χ0) is 6.91. The minimum atomic E-state index is -2.53. The summed E-state index contributed by atoms with van der Waals surface area (Å²) in [5.74, 6) is 1.21. The summed E-state index contributed by atoms with van der Waals surface area (Å²) in [6, 6.07) is 0. The Morgan fingerprint density at radius 3 is 2.78 bits per heavy atom.